The van der Waals surface area contributed by atoms with E-state index in [4.69, 9.17) is 5.26 Å². The summed E-state index contributed by atoms with van der Waals surface area (Å²) >= 11 is 0. The molecule has 1 aromatic carbocycles. The zero-order valence-electron chi connectivity index (χ0n) is 8.90. The average Bonchev–Trinajstić information content (AvgIpc) is 2.17. The van der Waals surface area contributed by atoms with E-state index in [-0.39, 0.29) is 11.3 Å². The minimum Gasteiger partial charge on any atom is -0.324 e. The van der Waals surface area contributed by atoms with E-state index in [0.29, 0.717) is 0 Å². The quantitative estimate of drug-likeness (QED) is 0.861. The minimum absolute atomic E-state index is 0.0631. The van der Waals surface area contributed by atoms with Gasteiger partial charge in [-0.1, -0.05) is 0 Å². The number of nitrogens with zero attached hydrogens (tertiary/aromatic N) is 1. The Kier molecular flexibility index (Phi) is 3.81. The fourth-order valence-electron chi connectivity index (χ4n) is 1.14. The van der Waals surface area contributed by atoms with Crippen LogP contribution in [0.15, 0.2) is 18.2 Å². The first kappa shape index (κ1) is 13.1. The summed E-state index contributed by atoms with van der Waals surface area (Å²) in [6.07, 6.45) is 0.919. The topological polar surface area (TPSA) is 87.0 Å². The molecule has 0 heterocycles. The van der Waals surface area contributed by atoms with Crippen LogP contribution in [0.4, 0.5) is 10.1 Å². The number of amides is 1. The second-order valence-corrected chi connectivity index (χ2v) is 5.56. The van der Waals surface area contributed by atoms with Gasteiger partial charge in [0.1, 0.15) is 17.6 Å². The number of halogens is 1. The molecule has 0 fully saturated rings. The smallest absolute Gasteiger partial charge is 0.239 e. The molecule has 17 heavy (non-hydrogen) atoms. The number of hydrogen-bond acceptors (Lipinski definition) is 4. The molecule has 0 aliphatic carbocycles. The summed E-state index contributed by atoms with van der Waals surface area (Å²) in [4.78, 5) is 11.3. The molecule has 0 aliphatic heterocycles. The van der Waals surface area contributed by atoms with Gasteiger partial charge in [0.2, 0.25) is 5.91 Å². The Morgan fingerprint density at radius 3 is 2.71 bits per heavy atom. The molecular weight excluding hydrogens is 247 g/mol. The fourth-order valence-corrected chi connectivity index (χ4v) is 1.69. The molecule has 0 aromatic heterocycles. The highest BCUT2D eigenvalue weighted by molar-refractivity contribution is 7.91. The second kappa shape index (κ2) is 4.93. The molecule has 0 bridgehead atoms. The van der Waals surface area contributed by atoms with Crippen LogP contribution in [-0.4, -0.2) is 26.3 Å². The van der Waals surface area contributed by atoms with E-state index in [1.54, 1.807) is 6.07 Å². The first-order chi connectivity index (χ1) is 7.81. The number of rotatable bonds is 3. The molecule has 7 heteroatoms. The summed E-state index contributed by atoms with van der Waals surface area (Å²) in [6.45, 7) is 0. The number of carbonyl (C=O) groups excluding carboxylic acids is 1. The molecule has 90 valence electrons. The lowest BCUT2D eigenvalue weighted by Gasteiger charge is -2.06. The lowest BCUT2D eigenvalue weighted by molar-refractivity contribution is -0.113. The average molecular weight is 256 g/mol. The van der Waals surface area contributed by atoms with Gasteiger partial charge in [-0.3, -0.25) is 4.79 Å². The molecule has 0 aliphatic rings. The Hall–Kier alpha value is -1.94. The van der Waals surface area contributed by atoms with E-state index in [0.717, 1.165) is 18.4 Å². The molecular formula is C10H9FN2O3S. The largest absolute Gasteiger partial charge is 0.324 e. The van der Waals surface area contributed by atoms with Gasteiger partial charge in [0, 0.05) is 6.26 Å². The van der Waals surface area contributed by atoms with E-state index in [2.05, 4.69) is 5.32 Å². The van der Waals surface area contributed by atoms with Crippen LogP contribution in [0.3, 0.4) is 0 Å². The zero-order chi connectivity index (χ0) is 13.1. The van der Waals surface area contributed by atoms with E-state index >= 15 is 0 Å². The number of anilines is 1. The minimum atomic E-state index is -3.44. The van der Waals surface area contributed by atoms with Gasteiger partial charge >= 0.3 is 0 Å². The molecule has 0 atom stereocenters. The van der Waals surface area contributed by atoms with Gasteiger partial charge < -0.3 is 5.32 Å². The van der Waals surface area contributed by atoms with Crippen LogP contribution in [-0.2, 0) is 14.6 Å². The van der Waals surface area contributed by atoms with Gasteiger partial charge in [0.15, 0.2) is 9.84 Å². The lowest BCUT2D eigenvalue weighted by Crippen LogP contribution is -2.22. The highest BCUT2D eigenvalue weighted by Gasteiger charge is 2.13. The molecule has 0 radical (unpaired) electrons. The van der Waals surface area contributed by atoms with Crippen LogP contribution in [0, 0.1) is 17.1 Å². The highest BCUT2D eigenvalue weighted by Crippen LogP contribution is 2.15. The SMILES string of the molecule is CS(=O)(=O)CC(=O)Nc1ccc(F)cc1C#N. The third kappa shape index (κ3) is 4.20. The maximum atomic E-state index is 12.8. The third-order valence-electron chi connectivity index (χ3n) is 1.77. The van der Waals surface area contributed by atoms with Gasteiger partial charge in [-0.05, 0) is 18.2 Å². The molecule has 0 saturated carbocycles. The maximum Gasteiger partial charge on any atom is 0.239 e. The summed E-state index contributed by atoms with van der Waals surface area (Å²) in [5.74, 6) is -2.06. The highest BCUT2D eigenvalue weighted by atomic mass is 32.2. The van der Waals surface area contributed by atoms with Crippen molar-refractivity contribution in [2.24, 2.45) is 0 Å². The number of nitrogens with one attached hydrogen (secondary N) is 1. The first-order valence-corrected chi connectivity index (χ1v) is 6.55. The normalized spacial score (nSPS) is 10.6. The number of benzene rings is 1. The van der Waals surface area contributed by atoms with Crippen LogP contribution in [0.1, 0.15) is 5.56 Å². The number of sulfone groups is 1. The van der Waals surface area contributed by atoms with Gasteiger partial charge in [-0.25, -0.2) is 12.8 Å². The van der Waals surface area contributed by atoms with E-state index in [1.165, 1.54) is 6.07 Å². The van der Waals surface area contributed by atoms with Crippen molar-refractivity contribution in [1.82, 2.24) is 0 Å². The molecule has 0 spiro atoms. The number of carbonyl (C=O) groups is 1. The van der Waals surface area contributed by atoms with Crippen LogP contribution in [0.2, 0.25) is 0 Å². The number of nitriles is 1. The Morgan fingerprint density at radius 1 is 1.53 bits per heavy atom. The van der Waals surface area contributed by atoms with E-state index in [1.807, 2.05) is 0 Å². The molecule has 0 unspecified atom stereocenters. The van der Waals surface area contributed by atoms with E-state index < -0.39 is 27.3 Å². The standard InChI is InChI=1S/C10H9FN2O3S/c1-17(15,16)6-10(14)13-9-3-2-8(11)4-7(9)5-12/h2-4H,6H2,1H3,(H,13,14). The van der Waals surface area contributed by atoms with Gasteiger partial charge in [0.25, 0.3) is 0 Å². The lowest BCUT2D eigenvalue weighted by atomic mass is 10.2. The molecule has 1 amide bonds. The summed E-state index contributed by atoms with van der Waals surface area (Å²) in [5, 5.41) is 10.9. The van der Waals surface area contributed by atoms with Crippen LogP contribution in [0.25, 0.3) is 0 Å². The third-order valence-corrected chi connectivity index (χ3v) is 2.56. The Labute approximate surface area is 97.8 Å². The predicted octanol–water partition coefficient (Wildman–Crippen LogP) is 0.680. The molecule has 0 saturated heterocycles. The van der Waals surface area contributed by atoms with Crippen molar-refractivity contribution < 1.29 is 17.6 Å². The molecule has 1 N–H and O–H groups in total. The fraction of sp³-hybridized carbons (Fsp3) is 0.200. The Bertz CT molecular complexity index is 590. The number of hydrogen-bond donors (Lipinski definition) is 1. The molecule has 5 nitrogen and oxygen atoms in total. The summed E-state index contributed by atoms with van der Waals surface area (Å²) in [7, 11) is -3.44. The van der Waals surface area contributed by atoms with Crippen molar-refractivity contribution in [1.29, 1.82) is 5.26 Å². The second-order valence-electron chi connectivity index (χ2n) is 3.42. The monoisotopic (exact) mass is 256 g/mol. The van der Waals surface area contributed by atoms with Gasteiger partial charge in [-0.15, -0.1) is 0 Å². The van der Waals surface area contributed by atoms with Crippen molar-refractivity contribution >= 4 is 21.4 Å². The zero-order valence-corrected chi connectivity index (χ0v) is 9.71. The summed E-state index contributed by atoms with van der Waals surface area (Å²) in [6, 6.07) is 4.92. The van der Waals surface area contributed by atoms with Crippen molar-refractivity contribution in [3.63, 3.8) is 0 Å². The maximum absolute atomic E-state index is 12.8. The van der Waals surface area contributed by atoms with Crippen LogP contribution >= 0.6 is 0 Å². The van der Waals surface area contributed by atoms with E-state index in [9.17, 15) is 17.6 Å². The summed E-state index contributed by atoms with van der Waals surface area (Å²) in [5.41, 5.74) is 0.0226. The van der Waals surface area contributed by atoms with Gasteiger partial charge in [-0.2, -0.15) is 5.26 Å². The Morgan fingerprint density at radius 2 is 2.18 bits per heavy atom. The van der Waals surface area contributed by atoms with Crippen molar-refractivity contribution in [2.75, 3.05) is 17.3 Å². The van der Waals surface area contributed by atoms with Crippen molar-refractivity contribution in [3.05, 3.63) is 29.6 Å². The van der Waals surface area contributed by atoms with Crippen LogP contribution in [0.5, 0.6) is 0 Å². The van der Waals surface area contributed by atoms with Crippen molar-refractivity contribution in [3.8, 4) is 6.07 Å². The summed E-state index contributed by atoms with van der Waals surface area (Å²) < 4.78 is 34.5. The Balaban J connectivity index is 2.90. The van der Waals surface area contributed by atoms with Crippen LogP contribution < -0.4 is 5.32 Å². The predicted molar refractivity (Wildman–Crippen MR) is 59.5 cm³/mol. The van der Waals surface area contributed by atoms with Crippen molar-refractivity contribution in [2.45, 2.75) is 0 Å². The first-order valence-electron chi connectivity index (χ1n) is 4.49. The molecule has 1 rings (SSSR count). The van der Waals surface area contributed by atoms with Gasteiger partial charge in [0.05, 0.1) is 11.3 Å². The molecule has 1 aromatic rings.